The van der Waals surface area contributed by atoms with Crippen molar-refractivity contribution in [2.75, 3.05) is 6.79 Å². The summed E-state index contributed by atoms with van der Waals surface area (Å²) >= 11 is 0. The van der Waals surface area contributed by atoms with Crippen LogP contribution >= 0.6 is 0 Å². The Morgan fingerprint density at radius 1 is 1.00 bits per heavy atom. The first kappa shape index (κ1) is 15.1. The number of ketones is 1. The molecule has 1 atom stereocenters. The molecular weight excluding hydrogens is 296 g/mol. The Hall–Kier alpha value is -2.82. The predicted octanol–water partition coefficient (Wildman–Crippen LogP) is 2.47. The summed E-state index contributed by atoms with van der Waals surface area (Å²) in [7, 11) is 0. The topological polar surface area (TPSA) is 72.8 Å². The fourth-order valence-electron chi connectivity index (χ4n) is 2.56. The average Bonchev–Trinajstić information content (AvgIpc) is 3.01. The Kier molecular flexibility index (Phi) is 4.28. The summed E-state index contributed by atoms with van der Waals surface area (Å²) in [5, 5.41) is 9.37. The van der Waals surface area contributed by atoms with Crippen LogP contribution in [0.4, 0.5) is 0 Å². The van der Waals surface area contributed by atoms with E-state index in [1.54, 1.807) is 18.2 Å². The molecule has 118 valence electrons. The van der Waals surface area contributed by atoms with Crippen LogP contribution in [0.1, 0.15) is 11.1 Å². The van der Waals surface area contributed by atoms with Gasteiger partial charge in [0, 0.05) is 6.42 Å². The van der Waals surface area contributed by atoms with Gasteiger partial charge >= 0.3 is 5.97 Å². The van der Waals surface area contributed by atoms with Gasteiger partial charge in [-0.05, 0) is 29.7 Å². The first-order valence-corrected chi connectivity index (χ1v) is 7.31. The normalized spacial score (nSPS) is 13.6. The van der Waals surface area contributed by atoms with E-state index in [1.807, 2.05) is 30.3 Å². The van der Waals surface area contributed by atoms with E-state index in [0.29, 0.717) is 11.5 Å². The summed E-state index contributed by atoms with van der Waals surface area (Å²) in [6.07, 6.45) is 0.250. The number of ether oxygens (including phenoxy) is 2. The van der Waals surface area contributed by atoms with Gasteiger partial charge in [0.15, 0.2) is 17.3 Å². The molecule has 0 amide bonds. The van der Waals surface area contributed by atoms with Crippen molar-refractivity contribution in [1.29, 1.82) is 0 Å². The van der Waals surface area contributed by atoms with Crippen molar-refractivity contribution < 1.29 is 24.2 Å². The molecule has 5 nitrogen and oxygen atoms in total. The molecule has 1 heterocycles. The molecule has 0 bridgehead atoms. The highest BCUT2D eigenvalue weighted by molar-refractivity contribution is 5.99. The van der Waals surface area contributed by atoms with Gasteiger partial charge in [-0.15, -0.1) is 0 Å². The Balaban J connectivity index is 1.72. The van der Waals surface area contributed by atoms with Gasteiger partial charge in [-0.1, -0.05) is 36.4 Å². The van der Waals surface area contributed by atoms with Gasteiger partial charge in [0.05, 0.1) is 0 Å². The van der Waals surface area contributed by atoms with Gasteiger partial charge in [-0.2, -0.15) is 0 Å². The molecule has 0 fully saturated rings. The van der Waals surface area contributed by atoms with Crippen molar-refractivity contribution in [2.24, 2.45) is 5.92 Å². The third kappa shape index (κ3) is 3.51. The molecule has 1 N–H and O–H groups in total. The van der Waals surface area contributed by atoms with Gasteiger partial charge in [0.1, 0.15) is 5.92 Å². The molecule has 5 heteroatoms. The number of carboxylic acid groups (broad SMARTS) is 1. The lowest BCUT2D eigenvalue weighted by Crippen LogP contribution is -2.27. The number of Topliss-reactive ketones (excluding diaryl/α,β-unsaturated/α-hetero) is 1. The monoisotopic (exact) mass is 312 g/mol. The second kappa shape index (κ2) is 6.52. The van der Waals surface area contributed by atoms with Crippen molar-refractivity contribution in [1.82, 2.24) is 0 Å². The smallest absolute Gasteiger partial charge is 0.314 e. The second-order valence-corrected chi connectivity index (χ2v) is 5.41. The Labute approximate surface area is 133 Å². The first-order chi connectivity index (χ1) is 11.1. The summed E-state index contributed by atoms with van der Waals surface area (Å²) < 4.78 is 10.5. The number of carboxylic acids is 1. The van der Waals surface area contributed by atoms with Crippen molar-refractivity contribution in [3.05, 3.63) is 59.7 Å². The van der Waals surface area contributed by atoms with Gasteiger partial charge in [-0.3, -0.25) is 9.59 Å². The van der Waals surface area contributed by atoms with Crippen molar-refractivity contribution in [3.63, 3.8) is 0 Å². The summed E-state index contributed by atoms with van der Waals surface area (Å²) in [5.74, 6) is -1.24. The number of hydrogen-bond acceptors (Lipinski definition) is 4. The van der Waals surface area contributed by atoms with Gasteiger partial charge in [0.2, 0.25) is 6.79 Å². The lowest BCUT2D eigenvalue weighted by Gasteiger charge is -2.12. The molecule has 1 unspecified atom stereocenters. The molecule has 1 aliphatic heterocycles. The van der Waals surface area contributed by atoms with Crippen LogP contribution in [0.5, 0.6) is 11.5 Å². The minimum atomic E-state index is -1.10. The molecule has 23 heavy (non-hydrogen) atoms. The number of fused-ring (bicyclic) bond motifs is 1. The second-order valence-electron chi connectivity index (χ2n) is 5.41. The number of benzene rings is 2. The molecule has 0 spiro atoms. The number of carbonyl (C=O) groups excluding carboxylic acids is 1. The molecule has 0 aliphatic carbocycles. The minimum absolute atomic E-state index is 0.0560. The molecule has 1 aliphatic rings. The quantitative estimate of drug-likeness (QED) is 0.830. The zero-order valence-corrected chi connectivity index (χ0v) is 12.4. The zero-order valence-electron chi connectivity index (χ0n) is 12.4. The summed E-state index contributed by atoms with van der Waals surface area (Å²) in [6, 6.07) is 14.4. The molecule has 2 aromatic rings. The number of hydrogen-bond donors (Lipinski definition) is 1. The van der Waals surface area contributed by atoms with Crippen LogP contribution in [-0.4, -0.2) is 23.7 Å². The Morgan fingerprint density at radius 3 is 2.48 bits per heavy atom. The Bertz CT molecular complexity index is 723. The van der Waals surface area contributed by atoms with E-state index in [4.69, 9.17) is 9.47 Å². The van der Waals surface area contributed by atoms with Crippen molar-refractivity contribution in [3.8, 4) is 11.5 Å². The van der Waals surface area contributed by atoms with Gasteiger partial charge < -0.3 is 14.6 Å². The summed E-state index contributed by atoms with van der Waals surface area (Å²) in [6.45, 7) is 0.165. The van der Waals surface area contributed by atoms with Gasteiger partial charge in [0.25, 0.3) is 0 Å². The SMILES string of the molecule is O=C(O)C(Cc1ccccc1)C(=O)Cc1ccc2c(c1)OCO2. The van der Waals surface area contributed by atoms with Crippen LogP contribution in [0.2, 0.25) is 0 Å². The lowest BCUT2D eigenvalue weighted by atomic mass is 9.91. The fraction of sp³-hybridized carbons (Fsp3) is 0.222. The van der Waals surface area contributed by atoms with E-state index in [0.717, 1.165) is 11.1 Å². The maximum absolute atomic E-state index is 12.4. The predicted molar refractivity (Wildman–Crippen MR) is 82.5 cm³/mol. The van der Waals surface area contributed by atoms with Gasteiger partial charge in [-0.25, -0.2) is 0 Å². The average molecular weight is 312 g/mol. The van der Waals surface area contributed by atoms with E-state index < -0.39 is 11.9 Å². The van der Waals surface area contributed by atoms with Crippen LogP contribution in [0.25, 0.3) is 0 Å². The largest absolute Gasteiger partial charge is 0.481 e. The molecule has 0 aromatic heterocycles. The van der Waals surface area contributed by atoms with Crippen LogP contribution in [0.15, 0.2) is 48.5 Å². The maximum Gasteiger partial charge on any atom is 0.314 e. The molecular formula is C18H16O5. The zero-order chi connectivity index (χ0) is 16.2. The van der Waals surface area contributed by atoms with Crippen LogP contribution in [0, 0.1) is 5.92 Å². The highest BCUT2D eigenvalue weighted by atomic mass is 16.7. The Morgan fingerprint density at radius 2 is 1.74 bits per heavy atom. The minimum Gasteiger partial charge on any atom is -0.481 e. The molecule has 0 saturated heterocycles. The maximum atomic E-state index is 12.4. The van der Waals surface area contributed by atoms with Crippen LogP contribution < -0.4 is 9.47 Å². The number of carbonyl (C=O) groups is 2. The van der Waals surface area contributed by atoms with E-state index in [9.17, 15) is 14.7 Å². The third-order valence-corrected chi connectivity index (χ3v) is 3.78. The molecule has 2 aromatic carbocycles. The number of rotatable bonds is 6. The number of aliphatic carboxylic acids is 1. The summed E-state index contributed by atoms with van der Waals surface area (Å²) in [4.78, 5) is 23.9. The lowest BCUT2D eigenvalue weighted by molar-refractivity contribution is -0.146. The molecule has 3 rings (SSSR count). The van der Waals surface area contributed by atoms with Crippen molar-refractivity contribution in [2.45, 2.75) is 12.8 Å². The third-order valence-electron chi connectivity index (χ3n) is 3.78. The highest BCUT2D eigenvalue weighted by Gasteiger charge is 2.27. The van der Waals surface area contributed by atoms with Crippen molar-refractivity contribution >= 4 is 11.8 Å². The fourth-order valence-corrected chi connectivity index (χ4v) is 2.56. The van der Waals surface area contributed by atoms with E-state index in [2.05, 4.69) is 0 Å². The first-order valence-electron chi connectivity index (χ1n) is 7.31. The molecule has 0 saturated carbocycles. The van der Waals surface area contributed by atoms with E-state index >= 15 is 0 Å². The highest BCUT2D eigenvalue weighted by Crippen LogP contribution is 2.32. The summed E-state index contributed by atoms with van der Waals surface area (Å²) in [5.41, 5.74) is 1.55. The van der Waals surface area contributed by atoms with E-state index in [1.165, 1.54) is 0 Å². The van der Waals surface area contributed by atoms with E-state index in [-0.39, 0.29) is 25.4 Å². The molecule has 0 radical (unpaired) electrons. The standard InChI is InChI=1S/C18H16O5/c19-15(9-13-6-7-16-17(10-13)23-11-22-16)14(18(20)21)8-12-4-2-1-3-5-12/h1-7,10,14H,8-9,11H2,(H,20,21). The van der Waals surface area contributed by atoms with Crippen LogP contribution in [-0.2, 0) is 22.4 Å². The van der Waals surface area contributed by atoms with Crippen LogP contribution in [0.3, 0.4) is 0 Å².